The van der Waals surface area contributed by atoms with Gasteiger partial charge in [0, 0.05) is 6.54 Å². The third-order valence-corrected chi connectivity index (χ3v) is 4.44. The van der Waals surface area contributed by atoms with Gasteiger partial charge in [0.25, 0.3) is 0 Å². The summed E-state index contributed by atoms with van der Waals surface area (Å²) in [6, 6.07) is 6.42. The molecule has 0 aliphatic carbocycles. The first-order chi connectivity index (χ1) is 9.53. The minimum absolute atomic E-state index is 0.144. The van der Waals surface area contributed by atoms with Crippen molar-refractivity contribution < 1.29 is 17.9 Å². The number of ether oxygens (including phenoxy) is 2. The molecule has 1 aliphatic heterocycles. The molecule has 1 unspecified atom stereocenters. The topological polar surface area (TPSA) is 88.4 Å². The molecular weight excluding hydrogens is 280 g/mol. The quantitative estimate of drug-likeness (QED) is 0.877. The molecule has 0 saturated carbocycles. The third kappa shape index (κ3) is 3.55. The van der Waals surface area contributed by atoms with Crippen LogP contribution in [-0.4, -0.2) is 40.9 Å². The Morgan fingerprint density at radius 1 is 1.45 bits per heavy atom. The molecule has 2 rings (SSSR count). The first-order valence-electron chi connectivity index (χ1n) is 6.22. The second-order valence-corrected chi connectivity index (χ2v) is 6.28. The van der Waals surface area contributed by atoms with Crippen molar-refractivity contribution in [3.05, 3.63) is 29.3 Å². The van der Waals surface area contributed by atoms with Gasteiger partial charge < -0.3 is 9.47 Å². The fraction of sp³-hybridized carbons (Fsp3) is 0.462. The predicted octanol–water partition coefficient (Wildman–Crippen LogP) is 0.560. The Morgan fingerprint density at radius 2 is 2.25 bits per heavy atom. The number of hydrogen-bond donors (Lipinski definition) is 1. The van der Waals surface area contributed by atoms with Crippen molar-refractivity contribution in [2.24, 2.45) is 0 Å². The van der Waals surface area contributed by atoms with E-state index in [0.29, 0.717) is 30.9 Å². The van der Waals surface area contributed by atoms with E-state index in [2.05, 4.69) is 4.72 Å². The molecule has 1 saturated heterocycles. The third-order valence-electron chi connectivity index (χ3n) is 3.01. The molecule has 1 heterocycles. The Balaban J connectivity index is 2.06. The molecule has 1 atom stereocenters. The van der Waals surface area contributed by atoms with Crippen molar-refractivity contribution in [3.8, 4) is 6.07 Å². The summed E-state index contributed by atoms with van der Waals surface area (Å²) < 4.78 is 37.3. The summed E-state index contributed by atoms with van der Waals surface area (Å²) in [7, 11) is -3.60. The normalized spacial score (nSPS) is 19.5. The van der Waals surface area contributed by atoms with E-state index in [1.165, 1.54) is 18.2 Å². The zero-order chi connectivity index (χ0) is 14.6. The van der Waals surface area contributed by atoms with Crippen molar-refractivity contribution in [1.29, 1.82) is 5.26 Å². The minimum Gasteiger partial charge on any atom is -0.376 e. The smallest absolute Gasteiger partial charge is 0.240 e. The van der Waals surface area contributed by atoms with Crippen LogP contribution in [0.5, 0.6) is 0 Å². The van der Waals surface area contributed by atoms with Crippen LogP contribution in [0, 0.1) is 18.3 Å². The van der Waals surface area contributed by atoms with Gasteiger partial charge in [0.15, 0.2) is 0 Å². The maximum absolute atomic E-state index is 12.1. The number of nitriles is 1. The lowest BCUT2D eigenvalue weighted by molar-refractivity contribution is -0.0846. The number of hydrogen-bond acceptors (Lipinski definition) is 5. The van der Waals surface area contributed by atoms with Crippen LogP contribution in [0.15, 0.2) is 23.1 Å². The molecule has 108 valence electrons. The highest BCUT2D eigenvalue weighted by molar-refractivity contribution is 7.89. The maximum Gasteiger partial charge on any atom is 0.240 e. The lowest BCUT2D eigenvalue weighted by Crippen LogP contribution is -2.39. The monoisotopic (exact) mass is 296 g/mol. The Bertz CT molecular complexity index is 616. The first kappa shape index (κ1) is 14.9. The summed E-state index contributed by atoms with van der Waals surface area (Å²) in [6.45, 7) is 3.27. The standard InChI is InChI=1S/C13H16N2O4S/c1-10-6-13(3-2-11(10)7-14)20(16,17)15-8-12-9-18-4-5-19-12/h2-3,6,12,15H,4-5,8-9H2,1H3. The lowest BCUT2D eigenvalue weighted by atomic mass is 10.1. The fourth-order valence-corrected chi connectivity index (χ4v) is 3.02. The summed E-state index contributed by atoms with van der Waals surface area (Å²) in [4.78, 5) is 0.144. The second-order valence-electron chi connectivity index (χ2n) is 4.51. The second kappa shape index (κ2) is 6.33. The lowest BCUT2D eigenvalue weighted by Gasteiger charge is -2.23. The molecule has 1 aliphatic rings. The zero-order valence-corrected chi connectivity index (χ0v) is 11.9. The van der Waals surface area contributed by atoms with Gasteiger partial charge in [-0.2, -0.15) is 5.26 Å². The van der Waals surface area contributed by atoms with E-state index in [1.54, 1.807) is 6.92 Å². The van der Waals surface area contributed by atoms with Crippen LogP contribution in [0.2, 0.25) is 0 Å². The van der Waals surface area contributed by atoms with Gasteiger partial charge in [-0.05, 0) is 30.7 Å². The van der Waals surface area contributed by atoms with E-state index in [-0.39, 0.29) is 17.5 Å². The molecule has 1 fully saturated rings. The Hall–Kier alpha value is -1.46. The molecule has 20 heavy (non-hydrogen) atoms. The first-order valence-corrected chi connectivity index (χ1v) is 7.71. The number of sulfonamides is 1. The van der Waals surface area contributed by atoms with E-state index in [4.69, 9.17) is 14.7 Å². The largest absolute Gasteiger partial charge is 0.376 e. The summed E-state index contributed by atoms with van der Waals surface area (Å²) in [5, 5.41) is 8.84. The van der Waals surface area contributed by atoms with Crippen LogP contribution >= 0.6 is 0 Å². The van der Waals surface area contributed by atoms with Crippen molar-refractivity contribution in [2.45, 2.75) is 17.9 Å². The summed E-state index contributed by atoms with van der Waals surface area (Å²) in [5.41, 5.74) is 1.10. The molecule has 0 bridgehead atoms. The van der Waals surface area contributed by atoms with Gasteiger partial charge in [-0.15, -0.1) is 0 Å². The summed E-state index contributed by atoms with van der Waals surface area (Å²) in [5.74, 6) is 0. The Labute approximate surface area is 118 Å². The van der Waals surface area contributed by atoms with Crippen LogP contribution in [0.1, 0.15) is 11.1 Å². The van der Waals surface area contributed by atoms with E-state index < -0.39 is 10.0 Å². The van der Waals surface area contributed by atoms with Gasteiger partial charge in [-0.1, -0.05) is 0 Å². The van der Waals surface area contributed by atoms with E-state index in [9.17, 15) is 8.42 Å². The summed E-state index contributed by atoms with van der Waals surface area (Å²) >= 11 is 0. The molecule has 1 aromatic rings. The molecule has 6 nitrogen and oxygen atoms in total. The minimum atomic E-state index is -3.60. The van der Waals surface area contributed by atoms with Crippen LogP contribution in [0.4, 0.5) is 0 Å². The molecule has 0 amide bonds. The van der Waals surface area contributed by atoms with Gasteiger partial charge in [0.2, 0.25) is 10.0 Å². The van der Waals surface area contributed by atoms with E-state index in [1.807, 2.05) is 6.07 Å². The highest BCUT2D eigenvalue weighted by Gasteiger charge is 2.20. The maximum atomic E-state index is 12.1. The Morgan fingerprint density at radius 3 is 2.85 bits per heavy atom. The number of benzene rings is 1. The van der Waals surface area contributed by atoms with E-state index >= 15 is 0 Å². The average Bonchev–Trinajstić information content (AvgIpc) is 2.46. The van der Waals surface area contributed by atoms with Crippen LogP contribution in [0.3, 0.4) is 0 Å². The SMILES string of the molecule is Cc1cc(S(=O)(=O)NCC2COCCO2)ccc1C#N. The summed E-state index contributed by atoms with van der Waals surface area (Å²) in [6.07, 6.45) is -0.266. The van der Waals surface area contributed by atoms with Crippen LogP contribution in [0.25, 0.3) is 0 Å². The van der Waals surface area contributed by atoms with Gasteiger partial charge >= 0.3 is 0 Å². The molecular formula is C13H16N2O4S. The van der Waals surface area contributed by atoms with Crippen molar-refractivity contribution in [3.63, 3.8) is 0 Å². The van der Waals surface area contributed by atoms with Crippen molar-refractivity contribution in [2.75, 3.05) is 26.4 Å². The van der Waals surface area contributed by atoms with Crippen LogP contribution < -0.4 is 4.72 Å². The number of nitrogens with one attached hydrogen (secondary N) is 1. The Kier molecular flexibility index (Phi) is 4.73. The zero-order valence-electron chi connectivity index (χ0n) is 11.1. The predicted molar refractivity (Wildman–Crippen MR) is 71.6 cm³/mol. The highest BCUT2D eigenvalue weighted by Crippen LogP contribution is 2.15. The number of aryl methyl sites for hydroxylation is 1. The molecule has 0 aromatic heterocycles. The van der Waals surface area contributed by atoms with Crippen molar-refractivity contribution in [1.82, 2.24) is 4.72 Å². The fourth-order valence-electron chi connectivity index (χ4n) is 1.87. The molecule has 1 N–H and O–H groups in total. The van der Waals surface area contributed by atoms with Gasteiger partial charge in [0.05, 0.1) is 42.5 Å². The van der Waals surface area contributed by atoms with Gasteiger partial charge in [-0.25, -0.2) is 13.1 Å². The number of rotatable bonds is 4. The highest BCUT2D eigenvalue weighted by atomic mass is 32.2. The molecule has 0 spiro atoms. The van der Waals surface area contributed by atoms with E-state index in [0.717, 1.165) is 0 Å². The number of nitrogens with zero attached hydrogens (tertiary/aromatic N) is 1. The molecule has 7 heteroatoms. The molecule has 0 radical (unpaired) electrons. The van der Waals surface area contributed by atoms with Crippen molar-refractivity contribution >= 4 is 10.0 Å². The van der Waals surface area contributed by atoms with Gasteiger partial charge in [0.1, 0.15) is 0 Å². The molecule has 1 aromatic carbocycles. The van der Waals surface area contributed by atoms with Crippen LogP contribution in [-0.2, 0) is 19.5 Å². The van der Waals surface area contributed by atoms with Gasteiger partial charge in [-0.3, -0.25) is 0 Å². The average molecular weight is 296 g/mol.